The first-order valence-corrected chi connectivity index (χ1v) is 7.43. The number of hydrogen-bond donors (Lipinski definition) is 1. The Kier molecular flexibility index (Phi) is 4.26. The van der Waals surface area contributed by atoms with Gasteiger partial charge < -0.3 is 5.32 Å². The Bertz CT molecular complexity index is 373. The van der Waals surface area contributed by atoms with Crippen molar-refractivity contribution in [1.29, 1.82) is 0 Å². The standard InChI is InChI=1S/C13H21N3S/c1-9(2)17-8-12-15-11-7-5-4-6-10(11)13(14-3)16-12/h9H,4-8H2,1-3H3,(H,14,15,16). The molecule has 0 unspecified atom stereocenters. The van der Waals surface area contributed by atoms with Gasteiger partial charge in [-0.05, 0) is 30.9 Å². The number of hydrogen-bond acceptors (Lipinski definition) is 4. The number of anilines is 1. The van der Waals surface area contributed by atoms with E-state index >= 15 is 0 Å². The third-order valence-electron chi connectivity index (χ3n) is 3.01. The number of nitrogens with zero attached hydrogens (tertiary/aromatic N) is 2. The zero-order valence-corrected chi connectivity index (χ0v) is 11.7. The van der Waals surface area contributed by atoms with Crippen LogP contribution in [0, 0.1) is 0 Å². The summed E-state index contributed by atoms with van der Waals surface area (Å²) in [4.78, 5) is 9.36. The third kappa shape index (κ3) is 3.12. The van der Waals surface area contributed by atoms with E-state index in [0.717, 1.165) is 30.2 Å². The van der Waals surface area contributed by atoms with Crippen molar-refractivity contribution < 1.29 is 0 Å². The Labute approximate surface area is 108 Å². The Morgan fingerprint density at radius 2 is 2.00 bits per heavy atom. The molecule has 4 heteroatoms. The van der Waals surface area contributed by atoms with E-state index in [4.69, 9.17) is 4.98 Å². The third-order valence-corrected chi connectivity index (χ3v) is 4.10. The lowest BCUT2D eigenvalue weighted by Gasteiger charge is -2.18. The van der Waals surface area contributed by atoms with Gasteiger partial charge in [-0.1, -0.05) is 13.8 Å². The van der Waals surface area contributed by atoms with Gasteiger partial charge in [0.15, 0.2) is 0 Å². The second kappa shape index (κ2) is 5.71. The fourth-order valence-corrected chi connectivity index (χ4v) is 2.77. The van der Waals surface area contributed by atoms with E-state index in [2.05, 4.69) is 24.1 Å². The molecule has 0 radical (unpaired) electrons. The van der Waals surface area contributed by atoms with Crippen molar-refractivity contribution in [2.45, 2.75) is 50.5 Å². The largest absolute Gasteiger partial charge is 0.373 e. The van der Waals surface area contributed by atoms with Crippen molar-refractivity contribution in [2.24, 2.45) is 0 Å². The van der Waals surface area contributed by atoms with Crippen molar-refractivity contribution in [2.75, 3.05) is 12.4 Å². The Balaban J connectivity index is 2.23. The van der Waals surface area contributed by atoms with Crippen LogP contribution in [0.3, 0.4) is 0 Å². The molecule has 94 valence electrons. The molecule has 17 heavy (non-hydrogen) atoms. The average Bonchev–Trinajstić information content (AvgIpc) is 2.35. The molecule has 0 saturated heterocycles. The van der Waals surface area contributed by atoms with Crippen LogP contribution >= 0.6 is 11.8 Å². The monoisotopic (exact) mass is 251 g/mol. The molecule has 0 amide bonds. The second-order valence-corrected chi connectivity index (χ2v) is 6.30. The molecule has 0 fully saturated rings. The number of rotatable bonds is 4. The Hall–Kier alpha value is -0.770. The fraction of sp³-hybridized carbons (Fsp3) is 0.692. The van der Waals surface area contributed by atoms with Gasteiger partial charge in [0.1, 0.15) is 11.6 Å². The summed E-state index contributed by atoms with van der Waals surface area (Å²) in [5, 5.41) is 3.85. The maximum absolute atomic E-state index is 4.72. The summed E-state index contributed by atoms with van der Waals surface area (Å²) in [5.74, 6) is 2.95. The number of aromatic nitrogens is 2. The molecular weight excluding hydrogens is 230 g/mol. The molecule has 1 aromatic heterocycles. The minimum Gasteiger partial charge on any atom is -0.373 e. The summed E-state index contributed by atoms with van der Waals surface area (Å²) in [6.45, 7) is 4.42. The predicted octanol–water partition coefficient (Wildman–Crippen LogP) is 3.04. The normalized spacial score (nSPS) is 14.8. The van der Waals surface area contributed by atoms with E-state index in [1.54, 1.807) is 0 Å². The highest BCUT2D eigenvalue weighted by Gasteiger charge is 2.17. The zero-order chi connectivity index (χ0) is 12.3. The quantitative estimate of drug-likeness (QED) is 0.892. The molecule has 1 aromatic rings. The predicted molar refractivity (Wildman–Crippen MR) is 74.7 cm³/mol. The molecule has 1 heterocycles. The first kappa shape index (κ1) is 12.7. The fourth-order valence-electron chi connectivity index (χ4n) is 2.16. The van der Waals surface area contributed by atoms with Crippen LogP contribution in [-0.2, 0) is 18.6 Å². The molecule has 3 nitrogen and oxygen atoms in total. The van der Waals surface area contributed by atoms with Crippen molar-refractivity contribution in [3.05, 3.63) is 17.1 Å². The first-order chi connectivity index (χ1) is 8.20. The molecule has 0 aromatic carbocycles. The Morgan fingerprint density at radius 3 is 2.71 bits per heavy atom. The topological polar surface area (TPSA) is 37.8 Å². The molecule has 0 atom stereocenters. The molecule has 0 aliphatic heterocycles. The van der Waals surface area contributed by atoms with Gasteiger partial charge in [-0.15, -0.1) is 0 Å². The lowest BCUT2D eigenvalue weighted by Crippen LogP contribution is -2.13. The van der Waals surface area contributed by atoms with Crippen molar-refractivity contribution >= 4 is 17.6 Å². The van der Waals surface area contributed by atoms with Gasteiger partial charge in [0.2, 0.25) is 0 Å². The number of thioether (sulfide) groups is 1. The molecule has 0 spiro atoms. The van der Waals surface area contributed by atoms with E-state index < -0.39 is 0 Å². The highest BCUT2D eigenvalue weighted by molar-refractivity contribution is 7.99. The van der Waals surface area contributed by atoms with Crippen molar-refractivity contribution in [3.63, 3.8) is 0 Å². The van der Waals surface area contributed by atoms with Gasteiger partial charge in [-0.3, -0.25) is 0 Å². The molecule has 1 aliphatic rings. The van der Waals surface area contributed by atoms with E-state index in [1.807, 2.05) is 18.8 Å². The van der Waals surface area contributed by atoms with E-state index in [-0.39, 0.29) is 0 Å². The summed E-state index contributed by atoms with van der Waals surface area (Å²) < 4.78 is 0. The van der Waals surface area contributed by atoms with E-state index in [0.29, 0.717) is 5.25 Å². The van der Waals surface area contributed by atoms with Crippen LogP contribution in [0.4, 0.5) is 5.82 Å². The first-order valence-electron chi connectivity index (χ1n) is 6.38. The van der Waals surface area contributed by atoms with Crippen LogP contribution in [0.2, 0.25) is 0 Å². The number of aryl methyl sites for hydroxylation is 1. The van der Waals surface area contributed by atoms with Crippen LogP contribution in [0.5, 0.6) is 0 Å². The number of nitrogens with one attached hydrogen (secondary N) is 1. The summed E-state index contributed by atoms with van der Waals surface area (Å²) in [7, 11) is 1.95. The maximum Gasteiger partial charge on any atom is 0.140 e. The summed E-state index contributed by atoms with van der Waals surface area (Å²) >= 11 is 1.90. The van der Waals surface area contributed by atoms with Crippen molar-refractivity contribution in [1.82, 2.24) is 9.97 Å². The smallest absolute Gasteiger partial charge is 0.140 e. The SMILES string of the molecule is CNc1nc(CSC(C)C)nc2c1CCCC2. The molecule has 0 saturated carbocycles. The van der Waals surface area contributed by atoms with Crippen LogP contribution < -0.4 is 5.32 Å². The minimum atomic E-state index is 0.632. The van der Waals surface area contributed by atoms with Crippen LogP contribution in [0.15, 0.2) is 0 Å². The summed E-state index contributed by atoms with van der Waals surface area (Å²) in [6, 6.07) is 0. The van der Waals surface area contributed by atoms with Crippen LogP contribution in [0.25, 0.3) is 0 Å². The van der Waals surface area contributed by atoms with Gasteiger partial charge in [-0.25, -0.2) is 9.97 Å². The van der Waals surface area contributed by atoms with Gasteiger partial charge in [-0.2, -0.15) is 11.8 Å². The average molecular weight is 251 g/mol. The van der Waals surface area contributed by atoms with Gasteiger partial charge in [0.05, 0.1) is 5.75 Å². The van der Waals surface area contributed by atoms with Gasteiger partial charge >= 0.3 is 0 Å². The molecule has 2 rings (SSSR count). The van der Waals surface area contributed by atoms with Crippen LogP contribution in [-0.4, -0.2) is 22.3 Å². The minimum absolute atomic E-state index is 0.632. The Morgan fingerprint density at radius 1 is 1.24 bits per heavy atom. The molecule has 1 N–H and O–H groups in total. The van der Waals surface area contributed by atoms with E-state index in [1.165, 1.54) is 24.1 Å². The maximum atomic E-state index is 4.72. The van der Waals surface area contributed by atoms with Gasteiger partial charge in [0.25, 0.3) is 0 Å². The summed E-state index contributed by atoms with van der Waals surface area (Å²) in [6.07, 6.45) is 4.78. The lowest BCUT2D eigenvalue weighted by atomic mass is 9.96. The molecule has 0 bridgehead atoms. The van der Waals surface area contributed by atoms with Gasteiger partial charge in [0, 0.05) is 18.3 Å². The van der Waals surface area contributed by atoms with E-state index in [9.17, 15) is 0 Å². The highest BCUT2D eigenvalue weighted by atomic mass is 32.2. The highest BCUT2D eigenvalue weighted by Crippen LogP contribution is 2.26. The molecular formula is C13H21N3S. The van der Waals surface area contributed by atoms with Crippen molar-refractivity contribution in [3.8, 4) is 0 Å². The summed E-state index contributed by atoms with van der Waals surface area (Å²) in [5.41, 5.74) is 2.62. The lowest BCUT2D eigenvalue weighted by molar-refractivity contribution is 0.659. The second-order valence-electron chi connectivity index (χ2n) is 4.73. The van der Waals surface area contributed by atoms with Crippen LogP contribution in [0.1, 0.15) is 43.8 Å². The molecule has 1 aliphatic carbocycles. The number of fused-ring (bicyclic) bond motifs is 1. The zero-order valence-electron chi connectivity index (χ0n) is 10.9.